The second kappa shape index (κ2) is 3.91. The van der Waals surface area contributed by atoms with Gasteiger partial charge in [0.15, 0.2) is 0 Å². The number of aliphatic carboxylic acids is 1. The molecule has 0 saturated carbocycles. The van der Waals surface area contributed by atoms with Crippen LogP contribution in [0.2, 0.25) is 0 Å². The summed E-state index contributed by atoms with van der Waals surface area (Å²) >= 11 is 0. The summed E-state index contributed by atoms with van der Waals surface area (Å²) in [6.45, 7) is 1.60. The molecule has 1 rings (SSSR count). The van der Waals surface area contributed by atoms with Gasteiger partial charge in [-0.05, 0) is 18.6 Å². The zero-order chi connectivity index (χ0) is 10.7. The second-order valence-electron chi connectivity index (χ2n) is 3.09. The Bertz CT molecular complexity index is 374. The fraction of sp³-hybridized carbons (Fsp3) is 0.200. The maximum atomic E-state index is 10.7. The summed E-state index contributed by atoms with van der Waals surface area (Å²) in [5.41, 5.74) is 7.32. The first-order valence-corrected chi connectivity index (χ1v) is 4.19. The number of nitrogens with one attached hydrogen (secondary N) is 1. The number of nitrogen functional groups attached to an aromatic ring is 1. The third-order valence-electron chi connectivity index (χ3n) is 2.14. The van der Waals surface area contributed by atoms with Crippen LogP contribution in [0.25, 0.3) is 0 Å². The fourth-order valence-corrected chi connectivity index (χ4v) is 1.14. The van der Waals surface area contributed by atoms with Crippen LogP contribution in [0.5, 0.6) is 0 Å². The molecule has 0 amide bonds. The van der Waals surface area contributed by atoms with Crippen LogP contribution < -0.4 is 5.73 Å². The molecule has 4 nitrogen and oxygen atoms in total. The van der Waals surface area contributed by atoms with E-state index in [1.54, 1.807) is 25.1 Å². The number of anilines is 1. The van der Waals surface area contributed by atoms with Crippen molar-refractivity contribution in [3.63, 3.8) is 0 Å². The Morgan fingerprint density at radius 3 is 2.71 bits per heavy atom. The van der Waals surface area contributed by atoms with Gasteiger partial charge >= 0.3 is 5.97 Å². The monoisotopic (exact) mass is 192 g/mol. The van der Waals surface area contributed by atoms with Crippen LogP contribution >= 0.6 is 0 Å². The van der Waals surface area contributed by atoms with Gasteiger partial charge in [-0.25, -0.2) is 0 Å². The lowest BCUT2D eigenvalue weighted by atomic mass is 9.99. The van der Waals surface area contributed by atoms with Gasteiger partial charge < -0.3 is 16.2 Å². The van der Waals surface area contributed by atoms with Crippen molar-refractivity contribution in [1.82, 2.24) is 0 Å². The Morgan fingerprint density at radius 1 is 1.64 bits per heavy atom. The predicted molar refractivity (Wildman–Crippen MR) is 54.8 cm³/mol. The lowest BCUT2D eigenvalue weighted by molar-refractivity contribution is -0.138. The topological polar surface area (TPSA) is 87.2 Å². The van der Waals surface area contributed by atoms with Crippen molar-refractivity contribution in [3.8, 4) is 0 Å². The normalized spacial score (nSPS) is 12.1. The van der Waals surface area contributed by atoms with E-state index in [0.717, 1.165) is 6.21 Å². The molecule has 4 N–H and O–H groups in total. The first-order chi connectivity index (χ1) is 6.56. The van der Waals surface area contributed by atoms with E-state index in [1.807, 2.05) is 0 Å². The molecule has 74 valence electrons. The molecule has 0 fully saturated rings. The molecule has 1 unspecified atom stereocenters. The Balaban J connectivity index is 3.08. The van der Waals surface area contributed by atoms with Gasteiger partial charge in [0.1, 0.15) is 0 Å². The molecule has 14 heavy (non-hydrogen) atoms. The van der Waals surface area contributed by atoms with Crippen LogP contribution in [0, 0.1) is 5.41 Å². The van der Waals surface area contributed by atoms with Gasteiger partial charge in [0.2, 0.25) is 0 Å². The van der Waals surface area contributed by atoms with Gasteiger partial charge in [0.25, 0.3) is 0 Å². The highest BCUT2D eigenvalue weighted by Crippen LogP contribution is 2.20. The summed E-state index contributed by atoms with van der Waals surface area (Å²) in [6.07, 6.45) is 1.14. The van der Waals surface area contributed by atoms with E-state index in [0.29, 0.717) is 16.8 Å². The third-order valence-corrected chi connectivity index (χ3v) is 2.14. The van der Waals surface area contributed by atoms with Gasteiger partial charge in [0, 0.05) is 17.5 Å². The molecule has 0 aliphatic carbocycles. The number of nitrogens with two attached hydrogens (primary N) is 1. The molecule has 0 heterocycles. The molecule has 4 heteroatoms. The molecule has 0 aromatic heterocycles. The summed E-state index contributed by atoms with van der Waals surface area (Å²) in [6, 6.07) is 4.92. The van der Waals surface area contributed by atoms with Crippen molar-refractivity contribution in [2.24, 2.45) is 0 Å². The zero-order valence-corrected chi connectivity index (χ0v) is 7.82. The zero-order valence-electron chi connectivity index (χ0n) is 7.82. The molecule has 0 aliphatic rings. The number of hydrogen-bond acceptors (Lipinski definition) is 3. The van der Waals surface area contributed by atoms with E-state index >= 15 is 0 Å². The molecule has 1 atom stereocenters. The van der Waals surface area contributed by atoms with Crippen molar-refractivity contribution in [1.29, 1.82) is 5.41 Å². The highest BCUT2D eigenvalue weighted by molar-refractivity contribution is 5.85. The summed E-state index contributed by atoms with van der Waals surface area (Å²) in [5.74, 6) is -1.45. The SMILES string of the molecule is CC(C(=O)O)c1ccc(C=N)c(N)c1. The van der Waals surface area contributed by atoms with Crippen LogP contribution in [0.1, 0.15) is 24.0 Å². The first-order valence-electron chi connectivity index (χ1n) is 4.19. The molecule has 1 aromatic carbocycles. The average Bonchev–Trinajstić information content (AvgIpc) is 2.16. The average molecular weight is 192 g/mol. The smallest absolute Gasteiger partial charge is 0.310 e. The second-order valence-corrected chi connectivity index (χ2v) is 3.09. The van der Waals surface area contributed by atoms with Crippen molar-refractivity contribution in [2.45, 2.75) is 12.8 Å². The summed E-state index contributed by atoms with van der Waals surface area (Å²) < 4.78 is 0. The van der Waals surface area contributed by atoms with Crippen LogP contribution in [0.4, 0.5) is 5.69 Å². The van der Waals surface area contributed by atoms with Crippen molar-refractivity contribution >= 4 is 17.9 Å². The largest absolute Gasteiger partial charge is 0.481 e. The molecule has 0 radical (unpaired) electrons. The van der Waals surface area contributed by atoms with Crippen molar-refractivity contribution in [3.05, 3.63) is 29.3 Å². The molecular weight excluding hydrogens is 180 g/mol. The van der Waals surface area contributed by atoms with Crippen LogP contribution in [0.3, 0.4) is 0 Å². The van der Waals surface area contributed by atoms with Crippen LogP contribution in [0.15, 0.2) is 18.2 Å². The van der Waals surface area contributed by atoms with Gasteiger partial charge in [0.05, 0.1) is 5.92 Å². The fourth-order valence-electron chi connectivity index (χ4n) is 1.14. The molecule has 1 aromatic rings. The first kappa shape index (κ1) is 10.2. The van der Waals surface area contributed by atoms with E-state index in [-0.39, 0.29) is 0 Å². The highest BCUT2D eigenvalue weighted by Gasteiger charge is 2.13. The number of rotatable bonds is 3. The molecule has 0 aliphatic heterocycles. The summed E-state index contributed by atoms with van der Waals surface area (Å²) in [4.78, 5) is 10.7. The summed E-state index contributed by atoms with van der Waals surface area (Å²) in [7, 11) is 0. The van der Waals surface area contributed by atoms with Crippen LogP contribution in [-0.4, -0.2) is 17.3 Å². The summed E-state index contributed by atoms with van der Waals surface area (Å²) in [5, 5.41) is 15.8. The van der Waals surface area contributed by atoms with Gasteiger partial charge in [-0.1, -0.05) is 12.1 Å². The number of carboxylic acid groups (broad SMARTS) is 1. The lowest BCUT2D eigenvalue weighted by Gasteiger charge is -2.08. The molecule has 0 saturated heterocycles. The minimum atomic E-state index is -0.882. The Morgan fingerprint density at radius 2 is 2.29 bits per heavy atom. The van der Waals surface area contributed by atoms with E-state index in [9.17, 15) is 4.79 Å². The van der Waals surface area contributed by atoms with E-state index in [4.69, 9.17) is 16.2 Å². The van der Waals surface area contributed by atoms with E-state index < -0.39 is 11.9 Å². The Labute approximate surface area is 81.9 Å². The number of hydrogen-bond donors (Lipinski definition) is 3. The van der Waals surface area contributed by atoms with Gasteiger partial charge in [-0.3, -0.25) is 4.79 Å². The lowest BCUT2D eigenvalue weighted by Crippen LogP contribution is -2.08. The predicted octanol–water partition coefficient (Wildman–Crippen LogP) is 1.45. The Kier molecular flexibility index (Phi) is 2.86. The molecule has 0 bridgehead atoms. The minimum Gasteiger partial charge on any atom is -0.481 e. The van der Waals surface area contributed by atoms with Crippen LogP contribution in [-0.2, 0) is 4.79 Å². The molecular formula is C10H12N2O2. The quantitative estimate of drug-likeness (QED) is 0.500. The standard InChI is InChI=1S/C10H12N2O2/c1-6(10(13)14)7-2-3-8(5-11)9(12)4-7/h2-6,11H,12H2,1H3,(H,13,14). The number of carbonyl (C=O) groups is 1. The number of carboxylic acids is 1. The minimum absolute atomic E-state index is 0.436. The Hall–Kier alpha value is -1.84. The van der Waals surface area contributed by atoms with E-state index in [2.05, 4.69) is 0 Å². The van der Waals surface area contributed by atoms with Crippen molar-refractivity contribution < 1.29 is 9.90 Å². The maximum absolute atomic E-state index is 10.7. The number of benzene rings is 1. The molecule has 0 spiro atoms. The van der Waals surface area contributed by atoms with Crippen molar-refractivity contribution in [2.75, 3.05) is 5.73 Å². The maximum Gasteiger partial charge on any atom is 0.310 e. The highest BCUT2D eigenvalue weighted by atomic mass is 16.4. The van der Waals surface area contributed by atoms with Gasteiger partial charge in [-0.2, -0.15) is 0 Å². The van der Waals surface area contributed by atoms with Gasteiger partial charge in [-0.15, -0.1) is 0 Å². The third kappa shape index (κ3) is 1.90. The van der Waals surface area contributed by atoms with E-state index in [1.165, 1.54) is 0 Å².